The minimum Gasteiger partial charge on any atom is -0.489 e. The van der Waals surface area contributed by atoms with E-state index in [1.54, 1.807) is 0 Å². The van der Waals surface area contributed by atoms with Crippen LogP contribution in [-0.4, -0.2) is 10.9 Å². The SMILES string of the molecule is Cc1ccc(Cl)cc1OC1CC(Br)C12CCCCC2. The molecule has 2 fully saturated rings. The van der Waals surface area contributed by atoms with E-state index in [2.05, 4.69) is 22.9 Å². The third-order valence-electron chi connectivity index (χ3n) is 4.89. The molecular formula is C16H20BrClO. The molecule has 0 bridgehead atoms. The Kier molecular flexibility index (Phi) is 3.83. The van der Waals surface area contributed by atoms with Crippen molar-refractivity contribution >= 4 is 27.5 Å². The minimum absolute atomic E-state index is 0.356. The van der Waals surface area contributed by atoms with E-state index in [0.29, 0.717) is 16.3 Å². The second-order valence-electron chi connectivity index (χ2n) is 6.01. The van der Waals surface area contributed by atoms with E-state index in [-0.39, 0.29) is 0 Å². The lowest BCUT2D eigenvalue weighted by Crippen LogP contribution is -2.57. The van der Waals surface area contributed by atoms with Gasteiger partial charge in [-0.05, 0) is 43.9 Å². The van der Waals surface area contributed by atoms with Gasteiger partial charge in [0.2, 0.25) is 0 Å². The summed E-state index contributed by atoms with van der Waals surface area (Å²) in [5.41, 5.74) is 1.54. The summed E-state index contributed by atoms with van der Waals surface area (Å²) in [7, 11) is 0. The molecule has 2 saturated carbocycles. The van der Waals surface area contributed by atoms with Gasteiger partial charge >= 0.3 is 0 Å². The Hall–Kier alpha value is -0.210. The second kappa shape index (κ2) is 5.29. The van der Waals surface area contributed by atoms with E-state index in [0.717, 1.165) is 17.2 Å². The summed E-state index contributed by atoms with van der Waals surface area (Å²) in [6.45, 7) is 2.09. The zero-order valence-corrected chi connectivity index (χ0v) is 13.6. The van der Waals surface area contributed by atoms with Crippen LogP contribution in [0.3, 0.4) is 0 Å². The molecule has 1 nitrogen and oxygen atoms in total. The van der Waals surface area contributed by atoms with Crippen molar-refractivity contribution in [3.05, 3.63) is 28.8 Å². The largest absolute Gasteiger partial charge is 0.489 e. The van der Waals surface area contributed by atoms with Gasteiger partial charge in [-0.25, -0.2) is 0 Å². The zero-order valence-electron chi connectivity index (χ0n) is 11.3. The number of ether oxygens (including phenoxy) is 1. The topological polar surface area (TPSA) is 9.23 Å². The van der Waals surface area contributed by atoms with Gasteiger partial charge in [0.1, 0.15) is 11.9 Å². The number of hydrogen-bond donors (Lipinski definition) is 0. The molecule has 1 aromatic rings. The van der Waals surface area contributed by atoms with Crippen molar-refractivity contribution in [1.29, 1.82) is 0 Å². The van der Waals surface area contributed by atoms with Crippen LogP contribution >= 0.6 is 27.5 Å². The first-order chi connectivity index (χ1) is 9.12. The molecule has 2 aliphatic carbocycles. The lowest BCUT2D eigenvalue weighted by atomic mass is 9.58. The summed E-state index contributed by atoms with van der Waals surface area (Å²) in [5, 5.41) is 0.757. The van der Waals surface area contributed by atoms with Gasteiger partial charge in [0.15, 0.2) is 0 Å². The average Bonchev–Trinajstić information content (AvgIpc) is 2.43. The van der Waals surface area contributed by atoms with E-state index in [1.807, 2.05) is 18.2 Å². The molecule has 19 heavy (non-hydrogen) atoms. The highest BCUT2D eigenvalue weighted by Gasteiger charge is 2.55. The molecule has 104 valence electrons. The third-order valence-corrected chi connectivity index (χ3v) is 6.41. The Labute approximate surface area is 128 Å². The van der Waals surface area contributed by atoms with Crippen LogP contribution in [0.15, 0.2) is 18.2 Å². The maximum Gasteiger partial charge on any atom is 0.124 e. The molecule has 0 heterocycles. The van der Waals surface area contributed by atoms with Gasteiger partial charge in [0.05, 0.1) is 0 Å². The van der Waals surface area contributed by atoms with Gasteiger partial charge in [-0.2, -0.15) is 0 Å². The van der Waals surface area contributed by atoms with E-state index >= 15 is 0 Å². The van der Waals surface area contributed by atoms with Crippen molar-refractivity contribution in [3.8, 4) is 5.75 Å². The zero-order chi connectivity index (χ0) is 13.5. The average molecular weight is 344 g/mol. The standard InChI is InChI=1S/C16H20BrClO/c1-11-5-6-12(18)9-13(11)19-15-10-14(17)16(15)7-3-2-4-8-16/h5-6,9,14-15H,2-4,7-8,10H2,1H3. The maximum atomic E-state index is 6.31. The molecular weight excluding hydrogens is 324 g/mol. The van der Waals surface area contributed by atoms with Crippen molar-refractivity contribution in [2.75, 3.05) is 0 Å². The molecule has 1 aromatic carbocycles. The Morgan fingerprint density at radius 2 is 2.00 bits per heavy atom. The van der Waals surface area contributed by atoms with Crippen molar-refractivity contribution in [3.63, 3.8) is 0 Å². The first kappa shape index (κ1) is 13.8. The second-order valence-corrected chi connectivity index (χ2v) is 7.56. The molecule has 0 saturated heterocycles. The van der Waals surface area contributed by atoms with Crippen LogP contribution < -0.4 is 4.74 Å². The fraction of sp³-hybridized carbons (Fsp3) is 0.625. The lowest BCUT2D eigenvalue weighted by Gasteiger charge is -2.55. The molecule has 2 atom stereocenters. The van der Waals surface area contributed by atoms with E-state index in [4.69, 9.17) is 16.3 Å². The van der Waals surface area contributed by atoms with Gasteiger partial charge < -0.3 is 4.74 Å². The summed E-state index contributed by atoms with van der Waals surface area (Å²) in [4.78, 5) is 0.629. The summed E-state index contributed by atoms with van der Waals surface area (Å²) < 4.78 is 6.31. The van der Waals surface area contributed by atoms with E-state index in [1.165, 1.54) is 37.7 Å². The first-order valence-corrected chi connectivity index (χ1v) is 8.48. The van der Waals surface area contributed by atoms with Crippen LogP contribution in [0.25, 0.3) is 0 Å². The Balaban J connectivity index is 1.78. The smallest absolute Gasteiger partial charge is 0.124 e. The van der Waals surface area contributed by atoms with Crippen molar-refractivity contribution in [2.45, 2.75) is 56.4 Å². The maximum absolute atomic E-state index is 6.31. The van der Waals surface area contributed by atoms with Crippen LogP contribution in [0.2, 0.25) is 5.02 Å². The summed E-state index contributed by atoms with van der Waals surface area (Å²) in [6, 6.07) is 5.92. The monoisotopic (exact) mass is 342 g/mol. The van der Waals surface area contributed by atoms with Crippen LogP contribution in [0.4, 0.5) is 0 Å². The highest BCUT2D eigenvalue weighted by Crippen LogP contribution is 2.56. The fourth-order valence-corrected chi connectivity index (χ4v) is 4.82. The quantitative estimate of drug-likeness (QED) is 0.643. The Morgan fingerprint density at radius 3 is 2.68 bits per heavy atom. The fourth-order valence-electron chi connectivity index (χ4n) is 3.56. The van der Waals surface area contributed by atoms with Crippen LogP contribution in [0.1, 0.15) is 44.1 Å². The number of rotatable bonds is 2. The van der Waals surface area contributed by atoms with Crippen molar-refractivity contribution in [2.24, 2.45) is 5.41 Å². The third kappa shape index (κ3) is 2.42. The molecule has 1 spiro atoms. The minimum atomic E-state index is 0.356. The molecule has 0 N–H and O–H groups in total. The summed E-state index contributed by atoms with van der Waals surface area (Å²) >= 11 is 9.94. The Morgan fingerprint density at radius 1 is 1.26 bits per heavy atom. The van der Waals surface area contributed by atoms with Crippen LogP contribution in [0, 0.1) is 12.3 Å². The highest BCUT2D eigenvalue weighted by molar-refractivity contribution is 9.09. The predicted molar refractivity (Wildman–Crippen MR) is 83.5 cm³/mol. The number of halogens is 2. The molecule has 3 heteroatoms. The van der Waals surface area contributed by atoms with Crippen molar-refractivity contribution < 1.29 is 4.74 Å². The Bertz CT molecular complexity index is 468. The molecule has 2 unspecified atom stereocenters. The van der Waals surface area contributed by atoms with Crippen LogP contribution in [-0.2, 0) is 0 Å². The number of aryl methyl sites for hydroxylation is 1. The van der Waals surface area contributed by atoms with E-state index in [9.17, 15) is 0 Å². The molecule has 0 aliphatic heterocycles. The molecule has 0 aromatic heterocycles. The summed E-state index contributed by atoms with van der Waals surface area (Å²) in [6.07, 6.45) is 8.14. The number of hydrogen-bond acceptors (Lipinski definition) is 1. The van der Waals surface area contributed by atoms with Crippen LogP contribution in [0.5, 0.6) is 5.75 Å². The molecule has 3 rings (SSSR count). The molecule has 0 radical (unpaired) electrons. The van der Waals surface area contributed by atoms with Crippen molar-refractivity contribution in [1.82, 2.24) is 0 Å². The van der Waals surface area contributed by atoms with Gasteiger partial charge in [0, 0.05) is 15.3 Å². The highest BCUT2D eigenvalue weighted by atomic mass is 79.9. The normalized spacial score (nSPS) is 29.0. The molecule has 2 aliphatic rings. The van der Waals surface area contributed by atoms with Gasteiger partial charge in [-0.3, -0.25) is 0 Å². The first-order valence-electron chi connectivity index (χ1n) is 7.19. The summed E-state index contributed by atoms with van der Waals surface area (Å²) in [5.74, 6) is 0.960. The lowest BCUT2D eigenvalue weighted by molar-refractivity contribution is -0.0604. The van der Waals surface area contributed by atoms with Gasteiger partial charge in [0.25, 0.3) is 0 Å². The number of benzene rings is 1. The van der Waals surface area contributed by atoms with E-state index < -0.39 is 0 Å². The number of alkyl halides is 1. The predicted octanol–water partition coefficient (Wildman–Crippen LogP) is 5.51. The van der Waals surface area contributed by atoms with Gasteiger partial charge in [-0.1, -0.05) is 52.9 Å². The van der Waals surface area contributed by atoms with Gasteiger partial charge in [-0.15, -0.1) is 0 Å². The molecule has 0 amide bonds.